The van der Waals surface area contributed by atoms with Crippen molar-refractivity contribution < 1.29 is 0 Å². The van der Waals surface area contributed by atoms with Gasteiger partial charge in [-0.3, -0.25) is 4.98 Å². The highest BCUT2D eigenvalue weighted by Crippen LogP contribution is 2.07. The molecule has 0 saturated carbocycles. The largest absolute Gasteiger partial charge is 0.309 e. The van der Waals surface area contributed by atoms with Crippen molar-refractivity contribution in [2.24, 2.45) is 5.92 Å². The zero-order valence-corrected chi connectivity index (χ0v) is 10.2. The fourth-order valence-electron chi connectivity index (χ4n) is 1.53. The molecule has 1 unspecified atom stereocenters. The van der Waals surface area contributed by atoms with E-state index < -0.39 is 0 Å². The van der Waals surface area contributed by atoms with Gasteiger partial charge in [0, 0.05) is 30.9 Å². The Kier molecular flexibility index (Phi) is 5.66. The summed E-state index contributed by atoms with van der Waals surface area (Å²) in [5, 5.41) is 3.45. The first-order chi connectivity index (χ1) is 7.22. The van der Waals surface area contributed by atoms with Crippen LogP contribution in [0.3, 0.4) is 0 Å². The molecule has 0 radical (unpaired) electrons. The van der Waals surface area contributed by atoms with E-state index >= 15 is 0 Å². The lowest BCUT2D eigenvalue weighted by Gasteiger charge is -2.17. The Morgan fingerprint density at radius 2 is 2.27 bits per heavy atom. The van der Waals surface area contributed by atoms with Crippen molar-refractivity contribution in [3.8, 4) is 0 Å². The molecule has 0 spiro atoms. The van der Waals surface area contributed by atoms with Gasteiger partial charge in [0.25, 0.3) is 0 Å². The molecule has 0 aromatic carbocycles. The summed E-state index contributed by atoms with van der Waals surface area (Å²) in [6.45, 7) is 5.27. The van der Waals surface area contributed by atoms with E-state index in [9.17, 15) is 0 Å². The number of nitrogens with zero attached hydrogens (tertiary/aromatic N) is 1. The van der Waals surface area contributed by atoms with Crippen LogP contribution in [0.5, 0.6) is 0 Å². The molecule has 3 heteroatoms. The van der Waals surface area contributed by atoms with Crippen LogP contribution in [0.1, 0.15) is 25.8 Å². The molecular formula is C12H19ClN2. The van der Waals surface area contributed by atoms with Crippen LogP contribution in [0.2, 0.25) is 0 Å². The molecule has 1 aromatic rings. The lowest BCUT2D eigenvalue weighted by atomic mass is 10.1. The van der Waals surface area contributed by atoms with Crippen LogP contribution in [0, 0.1) is 5.92 Å². The lowest BCUT2D eigenvalue weighted by molar-refractivity contribution is 0.444. The molecule has 0 bridgehead atoms. The third-order valence-corrected chi connectivity index (χ3v) is 2.63. The Balaban J connectivity index is 2.34. The van der Waals surface area contributed by atoms with Crippen LogP contribution in [0.4, 0.5) is 0 Å². The van der Waals surface area contributed by atoms with Crippen LogP contribution in [0.25, 0.3) is 0 Å². The van der Waals surface area contributed by atoms with E-state index in [1.54, 1.807) is 6.20 Å². The van der Waals surface area contributed by atoms with E-state index in [4.69, 9.17) is 11.6 Å². The third-order valence-electron chi connectivity index (χ3n) is 2.26. The molecule has 0 aliphatic carbocycles. The number of aromatic nitrogens is 1. The SMILES string of the molecule is CC(C)CC(CCl)NCc1cccnc1. The van der Waals surface area contributed by atoms with Gasteiger partial charge < -0.3 is 5.32 Å². The first-order valence-electron chi connectivity index (χ1n) is 5.40. The summed E-state index contributed by atoms with van der Waals surface area (Å²) < 4.78 is 0. The number of pyridine rings is 1. The summed E-state index contributed by atoms with van der Waals surface area (Å²) in [6.07, 6.45) is 4.79. The van der Waals surface area contributed by atoms with Gasteiger partial charge in [0.1, 0.15) is 0 Å². The predicted octanol–water partition coefficient (Wildman–Crippen LogP) is 2.82. The van der Waals surface area contributed by atoms with Crippen molar-refractivity contribution in [2.45, 2.75) is 32.9 Å². The van der Waals surface area contributed by atoms with E-state index in [1.807, 2.05) is 12.3 Å². The second-order valence-corrected chi connectivity index (χ2v) is 4.53. The zero-order valence-electron chi connectivity index (χ0n) is 9.41. The Hall–Kier alpha value is -0.600. The van der Waals surface area contributed by atoms with Crippen LogP contribution < -0.4 is 5.32 Å². The highest BCUT2D eigenvalue weighted by Gasteiger charge is 2.08. The van der Waals surface area contributed by atoms with Crippen LogP contribution >= 0.6 is 11.6 Å². The van der Waals surface area contributed by atoms with Gasteiger partial charge in [-0.2, -0.15) is 0 Å². The molecule has 0 aliphatic heterocycles. The minimum atomic E-state index is 0.395. The monoisotopic (exact) mass is 226 g/mol. The van der Waals surface area contributed by atoms with Gasteiger partial charge in [-0.1, -0.05) is 19.9 Å². The number of rotatable bonds is 6. The molecule has 15 heavy (non-hydrogen) atoms. The Morgan fingerprint density at radius 3 is 2.80 bits per heavy atom. The molecule has 0 saturated heterocycles. The molecule has 1 aromatic heterocycles. The summed E-state index contributed by atoms with van der Waals surface area (Å²) in [5.74, 6) is 1.34. The Labute approximate surface area is 97.1 Å². The van der Waals surface area contributed by atoms with Gasteiger partial charge in [0.05, 0.1) is 0 Å². The van der Waals surface area contributed by atoms with E-state index in [0.29, 0.717) is 17.8 Å². The Bertz CT molecular complexity index is 262. The van der Waals surface area contributed by atoms with Crippen molar-refractivity contribution >= 4 is 11.6 Å². The molecule has 0 amide bonds. The molecule has 1 N–H and O–H groups in total. The van der Waals surface area contributed by atoms with Crippen molar-refractivity contribution in [3.05, 3.63) is 30.1 Å². The average molecular weight is 227 g/mol. The molecular weight excluding hydrogens is 208 g/mol. The minimum Gasteiger partial charge on any atom is -0.309 e. The molecule has 1 heterocycles. The fraction of sp³-hybridized carbons (Fsp3) is 0.583. The van der Waals surface area contributed by atoms with E-state index in [2.05, 4.69) is 30.2 Å². The van der Waals surface area contributed by atoms with E-state index in [1.165, 1.54) is 5.56 Å². The van der Waals surface area contributed by atoms with Gasteiger partial charge >= 0.3 is 0 Å². The van der Waals surface area contributed by atoms with Gasteiger partial charge in [-0.05, 0) is 24.0 Å². The number of hydrogen-bond donors (Lipinski definition) is 1. The third kappa shape index (κ3) is 5.14. The smallest absolute Gasteiger partial charge is 0.0377 e. The molecule has 2 nitrogen and oxygen atoms in total. The average Bonchev–Trinajstić information content (AvgIpc) is 2.25. The van der Waals surface area contributed by atoms with Crippen molar-refractivity contribution in [1.29, 1.82) is 0 Å². The van der Waals surface area contributed by atoms with Gasteiger partial charge in [-0.15, -0.1) is 11.6 Å². The standard InChI is InChI=1S/C12H19ClN2/c1-10(2)6-12(7-13)15-9-11-4-3-5-14-8-11/h3-5,8,10,12,15H,6-7,9H2,1-2H3. The van der Waals surface area contributed by atoms with Gasteiger partial charge in [0.15, 0.2) is 0 Å². The fourth-order valence-corrected chi connectivity index (χ4v) is 1.77. The zero-order chi connectivity index (χ0) is 11.1. The lowest BCUT2D eigenvalue weighted by Crippen LogP contribution is -2.31. The normalized spacial score (nSPS) is 13.1. The summed E-state index contributed by atoms with van der Waals surface area (Å²) in [7, 11) is 0. The predicted molar refractivity (Wildman–Crippen MR) is 65.0 cm³/mol. The maximum Gasteiger partial charge on any atom is 0.0377 e. The summed E-state index contributed by atoms with van der Waals surface area (Å²) in [4.78, 5) is 4.08. The molecule has 84 valence electrons. The maximum absolute atomic E-state index is 5.90. The van der Waals surface area contributed by atoms with Crippen LogP contribution in [-0.4, -0.2) is 16.9 Å². The first-order valence-corrected chi connectivity index (χ1v) is 5.94. The van der Waals surface area contributed by atoms with Gasteiger partial charge in [-0.25, -0.2) is 0 Å². The highest BCUT2D eigenvalue weighted by molar-refractivity contribution is 6.18. The summed E-state index contributed by atoms with van der Waals surface area (Å²) >= 11 is 5.90. The maximum atomic E-state index is 5.90. The van der Waals surface area contributed by atoms with Crippen LogP contribution in [-0.2, 0) is 6.54 Å². The van der Waals surface area contributed by atoms with E-state index in [-0.39, 0.29) is 0 Å². The second-order valence-electron chi connectivity index (χ2n) is 4.22. The number of hydrogen-bond acceptors (Lipinski definition) is 2. The minimum absolute atomic E-state index is 0.395. The number of alkyl halides is 1. The van der Waals surface area contributed by atoms with Crippen molar-refractivity contribution in [3.63, 3.8) is 0 Å². The van der Waals surface area contributed by atoms with Crippen LogP contribution in [0.15, 0.2) is 24.5 Å². The molecule has 1 rings (SSSR count). The Morgan fingerprint density at radius 1 is 1.47 bits per heavy atom. The van der Waals surface area contributed by atoms with E-state index in [0.717, 1.165) is 13.0 Å². The number of halogens is 1. The van der Waals surface area contributed by atoms with Crippen molar-refractivity contribution in [1.82, 2.24) is 10.3 Å². The van der Waals surface area contributed by atoms with Crippen molar-refractivity contribution in [2.75, 3.05) is 5.88 Å². The summed E-state index contributed by atoms with van der Waals surface area (Å²) in [6, 6.07) is 4.42. The first kappa shape index (κ1) is 12.5. The van der Waals surface area contributed by atoms with Gasteiger partial charge in [0.2, 0.25) is 0 Å². The topological polar surface area (TPSA) is 24.9 Å². The molecule has 1 atom stereocenters. The molecule has 0 fully saturated rings. The molecule has 0 aliphatic rings. The second kappa shape index (κ2) is 6.81. The highest BCUT2D eigenvalue weighted by atomic mass is 35.5. The quantitative estimate of drug-likeness (QED) is 0.755. The summed E-state index contributed by atoms with van der Waals surface area (Å²) in [5.41, 5.74) is 1.20. The number of nitrogens with one attached hydrogen (secondary N) is 1.